The van der Waals surface area contributed by atoms with Gasteiger partial charge in [0.25, 0.3) is 0 Å². The third-order valence-electron chi connectivity index (χ3n) is 3.66. The van der Waals surface area contributed by atoms with Crippen molar-refractivity contribution in [2.45, 2.75) is 40.5 Å². The quantitative estimate of drug-likeness (QED) is 0.770. The van der Waals surface area contributed by atoms with Crippen molar-refractivity contribution in [1.29, 1.82) is 0 Å². The summed E-state index contributed by atoms with van der Waals surface area (Å²) in [5.41, 5.74) is 0.0505. The molecule has 3 nitrogen and oxygen atoms in total. The monoisotopic (exact) mass is 226 g/mol. The molecule has 1 fully saturated rings. The Morgan fingerprint density at radius 2 is 2.19 bits per heavy atom. The van der Waals surface area contributed by atoms with E-state index in [-0.39, 0.29) is 17.2 Å². The van der Waals surface area contributed by atoms with Gasteiger partial charge in [-0.2, -0.15) is 0 Å². The molecule has 0 aromatic carbocycles. The van der Waals surface area contributed by atoms with Gasteiger partial charge in [-0.25, -0.2) is 0 Å². The van der Waals surface area contributed by atoms with Gasteiger partial charge in [0, 0.05) is 12.5 Å². The fourth-order valence-corrected chi connectivity index (χ4v) is 1.89. The van der Waals surface area contributed by atoms with Crippen molar-refractivity contribution in [2.75, 3.05) is 19.6 Å². The van der Waals surface area contributed by atoms with Gasteiger partial charge in [0.1, 0.15) is 0 Å². The van der Waals surface area contributed by atoms with E-state index in [1.807, 2.05) is 6.92 Å². The number of nitrogens with one attached hydrogen (secondary N) is 2. The molecule has 1 aliphatic heterocycles. The van der Waals surface area contributed by atoms with E-state index in [0.29, 0.717) is 5.92 Å². The third-order valence-corrected chi connectivity index (χ3v) is 3.66. The van der Waals surface area contributed by atoms with Gasteiger partial charge in [-0.1, -0.05) is 27.7 Å². The van der Waals surface area contributed by atoms with Gasteiger partial charge < -0.3 is 10.6 Å². The Bertz CT molecular complexity index is 227. The van der Waals surface area contributed by atoms with Crippen molar-refractivity contribution in [3.63, 3.8) is 0 Å². The molecule has 16 heavy (non-hydrogen) atoms. The summed E-state index contributed by atoms with van der Waals surface area (Å²) >= 11 is 0. The molecule has 0 aliphatic carbocycles. The first-order valence-corrected chi connectivity index (χ1v) is 6.39. The molecule has 3 heteroatoms. The third kappa shape index (κ3) is 4.12. The maximum atomic E-state index is 11.9. The van der Waals surface area contributed by atoms with Crippen LogP contribution in [0.4, 0.5) is 0 Å². The fourth-order valence-electron chi connectivity index (χ4n) is 1.89. The van der Waals surface area contributed by atoms with Crippen LogP contribution in [0.3, 0.4) is 0 Å². The maximum Gasteiger partial charge on any atom is 0.223 e. The van der Waals surface area contributed by atoms with E-state index in [0.717, 1.165) is 19.6 Å². The van der Waals surface area contributed by atoms with Gasteiger partial charge >= 0.3 is 0 Å². The number of amides is 1. The van der Waals surface area contributed by atoms with Gasteiger partial charge in [-0.05, 0) is 37.3 Å². The molecule has 0 saturated carbocycles. The number of carbonyl (C=O) groups is 1. The lowest BCUT2D eigenvalue weighted by molar-refractivity contribution is -0.127. The molecular weight excluding hydrogens is 200 g/mol. The lowest BCUT2D eigenvalue weighted by Crippen LogP contribution is -2.42. The molecular formula is C13H26N2O. The van der Waals surface area contributed by atoms with Crippen molar-refractivity contribution in [3.05, 3.63) is 0 Å². The average Bonchev–Trinajstić information content (AvgIpc) is 2.25. The molecule has 0 bridgehead atoms. The molecule has 0 radical (unpaired) electrons. The Hall–Kier alpha value is -0.570. The Balaban J connectivity index is 2.29. The normalized spacial score (nSPS) is 23.9. The average molecular weight is 226 g/mol. The molecule has 0 aromatic rings. The van der Waals surface area contributed by atoms with Crippen LogP contribution < -0.4 is 10.6 Å². The van der Waals surface area contributed by atoms with Crippen molar-refractivity contribution >= 4 is 5.91 Å². The van der Waals surface area contributed by atoms with E-state index in [1.54, 1.807) is 0 Å². The topological polar surface area (TPSA) is 41.1 Å². The highest BCUT2D eigenvalue weighted by molar-refractivity contribution is 5.78. The van der Waals surface area contributed by atoms with Crippen molar-refractivity contribution < 1.29 is 4.79 Å². The minimum absolute atomic E-state index is 0.0505. The van der Waals surface area contributed by atoms with Crippen LogP contribution >= 0.6 is 0 Å². The Labute approximate surface area is 99.4 Å². The SMILES string of the molecule is CC(C(=O)NCC1CCCNC1)C(C)(C)C. The minimum atomic E-state index is 0.0505. The molecule has 1 saturated heterocycles. The highest BCUT2D eigenvalue weighted by atomic mass is 16.1. The molecule has 0 aromatic heterocycles. The van der Waals surface area contributed by atoms with Crippen LogP contribution in [-0.4, -0.2) is 25.5 Å². The van der Waals surface area contributed by atoms with Gasteiger partial charge in [-0.3, -0.25) is 4.79 Å². The zero-order chi connectivity index (χ0) is 12.2. The Kier molecular flexibility index (Phi) is 4.78. The Morgan fingerprint density at radius 1 is 1.50 bits per heavy atom. The second kappa shape index (κ2) is 5.67. The standard InChI is InChI=1S/C13H26N2O/c1-10(13(2,3)4)12(16)15-9-11-6-5-7-14-8-11/h10-11,14H,5-9H2,1-4H3,(H,15,16). The van der Waals surface area contributed by atoms with Crippen LogP contribution in [0.1, 0.15) is 40.5 Å². The highest BCUT2D eigenvalue weighted by Gasteiger charge is 2.27. The van der Waals surface area contributed by atoms with Crippen LogP contribution in [0.2, 0.25) is 0 Å². The molecule has 0 spiro atoms. The molecule has 1 rings (SSSR count). The van der Waals surface area contributed by atoms with Crippen LogP contribution in [-0.2, 0) is 4.79 Å². The van der Waals surface area contributed by atoms with Gasteiger partial charge in [-0.15, -0.1) is 0 Å². The first-order chi connectivity index (χ1) is 7.41. The summed E-state index contributed by atoms with van der Waals surface area (Å²) in [4.78, 5) is 11.9. The number of carbonyl (C=O) groups excluding carboxylic acids is 1. The minimum Gasteiger partial charge on any atom is -0.356 e. The van der Waals surface area contributed by atoms with Crippen LogP contribution in [0.5, 0.6) is 0 Å². The zero-order valence-electron chi connectivity index (χ0n) is 11.1. The number of rotatable bonds is 3. The van der Waals surface area contributed by atoms with Gasteiger partial charge in [0.15, 0.2) is 0 Å². The fraction of sp³-hybridized carbons (Fsp3) is 0.923. The largest absolute Gasteiger partial charge is 0.356 e. The second-order valence-electron chi connectivity index (χ2n) is 6.05. The summed E-state index contributed by atoms with van der Waals surface area (Å²) in [5, 5.41) is 6.45. The molecule has 94 valence electrons. The summed E-state index contributed by atoms with van der Waals surface area (Å²) in [7, 11) is 0. The molecule has 2 N–H and O–H groups in total. The first-order valence-electron chi connectivity index (χ1n) is 6.39. The van der Waals surface area contributed by atoms with Crippen molar-refractivity contribution in [1.82, 2.24) is 10.6 Å². The lowest BCUT2D eigenvalue weighted by atomic mass is 9.81. The summed E-state index contributed by atoms with van der Waals surface area (Å²) in [6, 6.07) is 0. The first kappa shape index (κ1) is 13.5. The van der Waals surface area contributed by atoms with E-state index >= 15 is 0 Å². The van der Waals surface area contributed by atoms with E-state index in [9.17, 15) is 4.79 Å². The number of hydrogen-bond acceptors (Lipinski definition) is 2. The van der Waals surface area contributed by atoms with Crippen LogP contribution in [0, 0.1) is 17.3 Å². The Morgan fingerprint density at radius 3 is 2.69 bits per heavy atom. The van der Waals surface area contributed by atoms with Crippen molar-refractivity contribution in [2.24, 2.45) is 17.3 Å². The summed E-state index contributed by atoms with van der Waals surface area (Å²) in [5.74, 6) is 0.881. The van der Waals surface area contributed by atoms with Gasteiger partial charge in [0.2, 0.25) is 5.91 Å². The van der Waals surface area contributed by atoms with Gasteiger partial charge in [0.05, 0.1) is 0 Å². The van der Waals surface area contributed by atoms with Crippen molar-refractivity contribution in [3.8, 4) is 0 Å². The highest BCUT2D eigenvalue weighted by Crippen LogP contribution is 2.25. The summed E-state index contributed by atoms with van der Waals surface area (Å²) in [6.07, 6.45) is 2.46. The lowest BCUT2D eigenvalue weighted by Gasteiger charge is -2.28. The second-order valence-corrected chi connectivity index (χ2v) is 6.05. The smallest absolute Gasteiger partial charge is 0.223 e. The van der Waals surface area contributed by atoms with Crippen LogP contribution in [0.15, 0.2) is 0 Å². The summed E-state index contributed by atoms with van der Waals surface area (Å²) in [6.45, 7) is 11.3. The summed E-state index contributed by atoms with van der Waals surface area (Å²) < 4.78 is 0. The number of hydrogen-bond donors (Lipinski definition) is 2. The van der Waals surface area contributed by atoms with E-state index < -0.39 is 0 Å². The molecule has 1 aliphatic rings. The molecule has 1 amide bonds. The zero-order valence-corrected chi connectivity index (χ0v) is 11.1. The van der Waals surface area contributed by atoms with Crippen LogP contribution in [0.25, 0.3) is 0 Å². The molecule has 2 atom stereocenters. The predicted octanol–water partition coefficient (Wildman–Crippen LogP) is 1.78. The van der Waals surface area contributed by atoms with E-state index in [1.165, 1.54) is 12.8 Å². The van der Waals surface area contributed by atoms with E-state index in [2.05, 4.69) is 31.4 Å². The maximum absolute atomic E-state index is 11.9. The molecule has 1 heterocycles. The number of piperidine rings is 1. The molecule has 2 unspecified atom stereocenters. The van der Waals surface area contributed by atoms with E-state index in [4.69, 9.17) is 0 Å². The predicted molar refractivity (Wildman–Crippen MR) is 67.2 cm³/mol.